The van der Waals surface area contributed by atoms with Gasteiger partial charge < -0.3 is 9.47 Å². The van der Waals surface area contributed by atoms with Crippen LogP contribution in [-0.2, 0) is 0 Å². The molecule has 0 radical (unpaired) electrons. The first kappa shape index (κ1) is 11.7. The molecule has 1 aromatic carbocycles. The molecule has 0 saturated carbocycles. The topological polar surface area (TPSA) is 61.5 Å². The molecule has 0 saturated heterocycles. The van der Waals surface area contributed by atoms with Gasteiger partial charge >= 0.3 is 0 Å². The van der Waals surface area contributed by atoms with E-state index in [1.165, 1.54) is 0 Å². The molecule has 19 heavy (non-hydrogen) atoms. The summed E-state index contributed by atoms with van der Waals surface area (Å²) < 4.78 is 12.5. The highest BCUT2D eigenvalue weighted by Gasteiger charge is 2.14. The number of fused-ring (bicyclic) bond motifs is 3. The van der Waals surface area contributed by atoms with Crippen LogP contribution in [0.1, 0.15) is 11.6 Å². The first-order chi connectivity index (χ1) is 9.15. The molecule has 2 heterocycles. The van der Waals surface area contributed by atoms with Crippen molar-refractivity contribution in [2.45, 2.75) is 13.8 Å². The van der Waals surface area contributed by atoms with Crippen molar-refractivity contribution in [3.63, 3.8) is 0 Å². The predicted molar refractivity (Wildman–Crippen MR) is 70.9 cm³/mol. The van der Waals surface area contributed by atoms with Gasteiger partial charge in [0, 0.05) is 11.5 Å². The lowest BCUT2D eigenvalue weighted by atomic mass is 10.2. The Labute approximate surface area is 110 Å². The van der Waals surface area contributed by atoms with E-state index in [0.717, 1.165) is 28.2 Å². The number of hydrogen-bond donors (Lipinski definition) is 0. The highest BCUT2D eigenvalue weighted by atomic mass is 16.5. The molecule has 6 heteroatoms. The minimum Gasteiger partial charge on any atom is -0.493 e. The minimum atomic E-state index is 0.655. The van der Waals surface area contributed by atoms with Gasteiger partial charge in [0.15, 0.2) is 17.1 Å². The van der Waals surface area contributed by atoms with Gasteiger partial charge in [-0.05, 0) is 19.9 Å². The summed E-state index contributed by atoms with van der Waals surface area (Å²) in [7, 11) is 3.22. The van der Waals surface area contributed by atoms with Crippen LogP contribution < -0.4 is 9.47 Å². The van der Waals surface area contributed by atoms with Crippen molar-refractivity contribution in [1.29, 1.82) is 0 Å². The third-order valence-electron chi connectivity index (χ3n) is 3.17. The number of ether oxygens (including phenoxy) is 2. The van der Waals surface area contributed by atoms with Crippen LogP contribution in [0.3, 0.4) is 0 Å². The summed E-state index contributed by atoms with van der Waals surface area (Å²) in [5.41, 5.74) is 1.59. The van der Waals surface area contributed by atoms with E-state index >= 15 is 0 Å². The van der Waals surface area contributed by atoms with Crippen molar-refractivity contribution >= 4 is 16.6 Å². The number of aromatic nitrogens is 4. The van der Waals surface area contributed by atoms with Gasteiger partial charge in [-0.15, -0.1) is 10.2 Å². The van der Waals surface area contributed by atoms with Crippen molar-refractivity contribution in [2.24, 2.45) is 0 Å². The normalized spacial score (nSPS) is 11.2. The highest BCUT2D eigenvalue weighted by molar-refractivity contribution is 5.93. The van der Waals surface area contributed by atoms with E-state index in [1.807, 2.05) is 30.4 Å². The molecule has 0 bridgehead atoms. The summed E-state index contributed by atoms with van der Waals surface area (Å²) in [5, 5.41) is 9.21. The Morgan fingerprint density at radius 1 is 0.947 bits per heavy atom. The number of hydrogen-bond acceptors (Lipinski definition) is 5. The van der Waals surface area contributed by atoms with Gasteiger partial charge in [-0.1, -0.05) is 0 Å². The van der Waals surface area contributed by atoms with E-state index in [2.05, 4.69) is 15.2 Å². The largest absolute Gasteiger partial charge is 0.493 e. The SMILES string of the molecule is COc1cc2nc(C)n3c(C)nnc3c2cc1OC. The van der Waals surface area contributed by atoms with E-state index in [9.17, 15) is 0 Å². The number of benzene rings is 1. The Morgan fingerprint density at radius 2 is 1.63 bits per heavy atom. The third-order valence-corrected chi connectivity index (χ3v) is 3.17. The molecule has 2 aromatic heterocycles. The van der Waals surface area contributed by atoms with Gasteiger partial charge in [0.2, 0.25) is 0 Å². The van der Waals surface area contributed by atoms with E-state index in [0.29, 0.717) is 11.5 Å². The second-order valence-corrected chi connectivity index (χ2v) is 4.29. The Hall–Kier alpha value is -2.37. The average Bonchev–Trinajstić information content (AvgIpc) is 2.80. The molecular weight excluding hydrogens is 244 g/mol. The number of rotatable bonds is 2. The quantitative estimate of drug-likeness (QED) is 0.702. The number of aryl methyl sites for hydroxylation is 2. The first-order valence-electron chi connectivity index (χ1n) is 5.89. The molecule has 0 unspecified atom stereocenters. The Balaban J connectivity index is 2.48. The number of methoxy groups -OCH3 is 2. The fourth-order valence-corrected chi connectivity index (χ4v) is 2.29. The van der Waals surface area contributed by atoms with Crippen LogP contribution >= 0.6 is 0 Å². The van der Waals surface area contributed by atoms with Crippen LogP contribution in [0.15, 0.2) is 12.1 Å². The lowest BCUT2D eigenvalue weighted by Gasteiger charge is -2.10. The van der Waals surface area contributed by atoms with Crippen LogP contribution in [0.4, 0.5) is 0 Å². The lowest BCUT2D eigenvalue weighted by molar-refractivity contribution is 0.356. The van der Waals surface area contributed by atoms with E-state index < -0.39 is 0 Å². The summed E-state index contributed by atoms with van der Waals surface area (Å²) in [4.78, 5) is 4.57. The summed E-state index contributed by atoms with van der Waals surface area (Å²) >= 11 is 0. The van der Waals surface area contributed by atoms with Gasteiger partial charge in [0.05, 0.1) is 19.7 Å². The molecule has 0 fully saturated rings. The van der Waals surface area contributed by atoms with Crippen molar-refractivity contribution in [3.05, 3.63) is 23.8 Å². The molecular formula is C13H14N4O2. The summed E-state index contributed by atoms with van der Waals surface area (Å²) in [6.07, 6.45) is 0. The highest BCUT2D eigenvalue weighted by Crippen LogP contribution is 2.33. The van der Waals surface area contributed by atoms with Crippen molar-refractivity contribution in [3.8, 4) is 11.5 Å². The number of nitrogens with zero attached hydrogens (tertiary/aromatic N) is 4. The summed E-state index contributed by atoms with van der Waals surface area (Å²) in [6.45, 7) is 3.83. The predicted octanol–water partition coefficient (Wildman–Crippen LogP) is 1.91. The maximum absolute atomic E-state index is 5.32. The van der Waals surface area contributed by atoms with Gasteiger partial charge in [-0.3, -0.25) is 4.40 Å². The van der Waals surface area contributed by atoms with Crippen LogP contribution in [0, 0.1) is 13.8 Å². The second kappa shape index (κ2) is 4.08. The van der Waals surface area contributed by atoms with Crippen LogP contribution in [0.25, 0.3) is 16.6 Å². The van der Waals surface area contributed by atoms with Crippen LogP contribution in [0.2, 0.25) is 0 Å². The Kier molecular flexibility index (Phi) is 2.51. The molecule has 3 rings (SSSR count). The van der Waals surface area contributed by atoms with Crippen LogP contribution in [-0.4, -0.2) is 33.8 Å². The molecule has 0 spiro atoms. The molecule has 3 aromatic rings. The molecule has 0 amide bonds. The standard InChI is InChI=1S/C13H14N4O2/c1-7-14-10-6-12(19-4)11(18-3)5-9(10)13-16-15-8(2)17(7)13/h5-6H,1-4H3. The molecule has 6 nitrogen and oxygen atoms in total. The van der Waals surface area contributed by atoms with Gasteiger partial charge in [-0.2, -0.15) is 0 Å². The zero-order chi connectivity index (χ0) is 13.6. The van der Waals surface area contributed by atoms with Crippen molar-refractivity contribution < 1.29 is 9.47 Å². The zero-order valence-electron chi connectivity index (χ0n) is 11.3. The minimum absolute atomic E-state index is 0.655. The Bertz CT molecular complexity index is 779. The monoisotopic (exact) mass is 258 g/mol. The summed E-state index contributed by atoms with van der Waals surface area (Å²) in [6, 6.07) is 3.73. The molecule has 0 N–H and O–H groups in total. The van der Waals surface area contributed by atoms with Gasteiger partial charge in [0.1, 0.15) is 11.6 Å². The average molecular weight is 258 g/mol. The van der Waals surface area contributed by atoms with Crippen molar-refractivity contribution in [1.82, 2.24) is 19.6 Å². The molecule has 0 aliphatic rings. The van der Waals surface area contributed by atoms with Crippen LogP contribution in [0.5, 0.6) is 11.5 Å². The van der Waals surface area contributed by atoms with E-state index in [-0.39, 0.29) is 0 Å². The molecule has 0 aliphatic carbocycles. The molecule has 0 atom stereocenters. The smallest absolute Gasteiger partial charge is 0.171 e. The fraction of sp³-hybridized carbons (Fsp3) is 0.308. The fourth-order valence-electron chi connectivity index (χ4n) is 2.29. The van der Waals surface area contributed by atoms with E-state index in [4.69, 9.17) is 9.47 Å². The first-order valence-corrected chi connectivity index (χ1v) is 5.89. The Morgan fingerprint density at radius 3 is 2.32 bits per heavy atom. The maximum Gasteiger partial charge on any atom is 0.171 e. The van der Waals surface area contributed by atoms with Gasteiger partial charge in [0.25, 0.3) is 0 Å². The van der Waals surface area contributed by atoms with Gasteiger partial charge in [-0.25, -0.2) is 4.98 Å². The lowest BCUT2D eigenvalue weighted by Crippen LogP contribution is -2.00. The second-order valence-electron chi connectivity index (χ2n) is 4.29. The summed E-state index contributed by atoms with van der Waals surface area (Å²) in [5.74, 6) is 2.97. The zero-order valence-corrected chi connectivity index (χ0v) is 11.3. The van der Waals surface area contributed by atoms with Crippen molar-refractivity contribution in [2.75, 3.05) is 14.2 Å². The molecule has 98 valence electrons. The molecule has 0 aliphatic heterocycles. The maximum atomic E-state index is 5.32. The van der Waals surface area contributed by atoms with E-state index in [1.54, 1.807) is 14.2 Å². The third kappa shape index (κ3) is 1.60.